The molecule has 2 amide bonds. The van der Waals surface area contributed by atoms with Crippen molar-refractivity contribution in [3.8, 4) is 0 Å². The number of likely N-dealkylation sites (tertiary alicyclic amines) is 1. The smallest absolute Gasteiger partial charge is 0.411 e. The predicted octanol–water partition coefficient (Wildman–Crippen LogP) is 3.08. The number of amides is 2. The van der Waals surface area contributed by atoms with Crippen molar-refractivity contribution < 1.29 is 19.4 Å². The predicted molar refractivity (Wildman–Crippen MR) is 118 cm³/mol. The second-order valence-electron chi connectivity index (χ2n) is 9.22. The maximum Gasteiger partial charge on any atom is 0.411 e. The van der Waals surface area contributed by atoms with Gasteiger partial charge in [0, 0.05) is 25.7 Å². The fourth-order valence-corrected chi connectivity index (χ4v) is 5.39. The number of ether oxygens (including phenoxy) is 1. The number of hydrogen-bond acceptors (Lipinski definition) is 6. The van der Waals surface area contributed by atoms with Crippen LogP contribution in [0.1, 0.15) is 57.4 Å². The van der Waals surface area contributed by atoms with E-state index in [-0.39, 0.29) is 23.5 Å². The van der Waals surface area contributed by atoms with Crippen LogP contribution in [0.2, 0.25) is 0 Å². The number of anilines is 2. The van der Waals surface area contributed by atoms with Crippen molar-refractivity contribution in [2.24, 2.45) is 5.41 Å². The van der Waals surface area contributed by atoms with Crippen molar-refractivity contribution in [3.05, 3.63) is 17.8 Å². The van der Waals surface area contributed by atoms with Gasteiger partial charge in [0.1, 0.15) is 5.82 Å². The molecule has 3 heterocycles. The zero-order valence-corrected chi connectivity index (χ0v) is 18.6. The molecule has 2 saturated heterocycles. The quantitative estimate of drug-likeness (QED) is 0.762. The Hall–Kier alpha value is -2.35. The molecule has 1 atom stereocenters. The number of aliphatic hydroxyl groups is 1. The third-order valence-corrected chi connectivity index (χ3v) is 7.16. The van der Waals surface area contributed by atoms with E-state index in [1.807, 2.05) is 13.0 Å². The van der Waals surface area contributed by atoms with Crippen molar-refractivity contribution in [1.29, 1.82) is 0 Å². The molecule has 1 saturated carbocycles. The van der Waals surface area contributed by atoms with Gasteiger partial charge in [-0.2, -0.15) is 0 Å². The normalized spacial score (nSPS) is 28.8. The highest BCUT2D eigenvalue weighted by Crippen LogP contribution is 2.43. The van der Waals surface area contributed by atoms with Gasteiger partial charge in [0.05, 0.1) is 30.0 Å². The Balaban J connectivity index is 1.44. The van der Waals surface area contributed by atoms with Crippen LogP contribution in [0, 0.1) is 12.3 Å². The van der Waals surface area contributed by atoms with Gasteiger partial charge in [0.25, 0.3) is 0 Å². The number of piperidine rings is 1. The van der Waals surface area contributed by atoms with Crippen LogP contribution in [0.5, 0.6) is 0 Å². The topological polar surface area (TPSA) is 95.0 Å². The molecule has 4 rings (SSSR count). The van der Waals surface area contributed by atoms with Crippen molar-refractivity contribution >= 4 is 23.5 Å². The van der Waals surface area contributed by atoms with E-state index in [1.54, 1.807) is 13.1 Å². The molecule has 3 fully saturated rings. The summed E-state index contributed by atoms with van der Waals surface area (Å²) in [6.45, 7) is 6.41. The highest BCUT2D eigenvalue weighted by atomic mass is 16.5. The van der Waals surface area contributed by atoms with Gasteiger partial charge in [0.2, 0.25) is 5.91 Å². The maximum absolute atomic E-state index is 13.5. The highest BCUT2D eigenvalue weighted by Gasteiger charge is 2.50. The van der Waals surface area contributed by atoms with E-state index in [0.29, 0.717) is 18.8 Å². The van der Waals surface area contributed by atoms with E-state index >= 15 is 0 Å². The summed E-state index contributed by atoms with van der Waals surface area (Å²) in [6, 6.07) is 2.25. The van der Waals surface area contributed by atoms with Gasteiger partial charge in [-0.05, 0) is 70.4 Å². The van der Waals surface area contributed by atoms with Crippen molar-refractivity contribution in [2.45, 2.75) is 70.9 Å². The molecule has 0 radical (unpaired) electrons. The van der Waals surface area contributed by atoms with Crippen molar-refractivity contribution in [2.75, 3.05) is 36.5 Å². The fourth-order valence-electron chi connectivity index (χ4n) is 5.39. The largest absolute Gasteiger partial charge is 0.450 e. The first kappa shape index (κ1) is 21.9. The second kappa shape index (κ2) is 9.02. The summed E-state index contributed by atoms with van der Waals surface area (Å²) in [7, 11) is 0. The van der Waals surface area contributed by atoms with Gasteiger partial charge >= 0.3 is 6.09 Å². The van der Waals surface area contributed by atoms with Crippen LogP contribution in [0.3, 0.4) is 0 Å². The Morgan fingerprint density at radius 2 is 2.06 bits per heavy atom. The second-order valence-corrected chi connectivity index (χ2v) is 9.22. The molecule has 1 spiro atoms. The number of rotatable bonds is 4. The molecule has 1 aliphatic carbocycles. The minimum atomic E-state index is -0.482. The molecule has 170 valence electrons. The van der Waals surface area contributed by atoms with Crippen LogP contribution in [-0.2, 0) is 9.53 Å². The number of nitrogens with one attached hydrogen (secondary N) is 1. The Bertz CT molecular complexity index is 824. The number of nitrogens with zero attached hydrogens (tertiary/aromatic N) is 3. The molecule has 0 unspecified atom stereocenters. The van der Waals surface area contributed by atoms with E-state index in [4.69, 9.17) is 4.74 Å². The number of aliphatic hydroxyl groups excluding tert-OH is 1. The summed E-state index contributed by atoms with van der Waals surface area (Å²) >= 11 is 0. The standard InChI is InChI=1S/C23H34N4O4/c1-3-31-22(30)25-19-14-24-20(13-16(19)2)26-11-4-9-23(15-26)10-12-27(21(23)29)17-5-7-18(28)8-6-17/h13-14,17-18,28H,3-12,15H2,1-2H3,(H,25,30)/t17-,18-,23-/m0/s1. The van der Waals surface area contributed by atoms with Gasteiger partial charge in [-0.15, -0.1) is 0 Å². The SMILES string of the molecule is CCOC(=O)Nc1cnc(N2CCC[C@]3(CCN([C@H]4CC[C@H](O)CC4)C3=O)C2)cc1C. The molecule has 8 nitrogen and oxygen atoms in total. The number of aromatic nitrogens is 1. The highest BCUT2D eigenvalue weighted by molar-refractivity contribution is 5.87. The third kappa shape index (κ3) is 4.49. The number of pyridine rings is 1. The Kier molecular flexibility index (Phi) is 6.36. The van der Waals surface area contributed by atoms with Gasteiger partial charge in [-0.3, -0.25) is 10.1 Å². The van der Waals surface area contributed by atoms with Gasteiger partial charge < -0.3 is 19.6 Å². The van der Waals surface area contributed by atoms with Crippen LogP contribution in [0.25, 0.3) is 0 Å². The number of carbonyl (C=O) groups excluding carboxylic acids is 2. The van der Waals surface area contributed by atoms with E-state index < -0.39 is 6.09 Å². The monoisotopic (exact) mass is 430 g/mol. The molecule has 0 bridgehead atoms. The van der Waals surface area contributed by atoms with Crippen LogP contribution in [0.4, 0.5) is 16.3 Å². The molecule has 3 aliphatic rings. The van der Waals surface area contributed by atoms with Crippen LogP contribution >= 0.6 is 0 Å². The summed E-state index contributed by atoms with van der Waals surface area (Å²) in [4.78, 5) is 34.1. The number of hydrogen-bond donors (Lipinski definition) is 2. The molecular weight excluding hydrogens is 396 g/mol. The molecule has 0 aromatic carbocycles. The summed E-state index contributed by atoms with van der Waals surface area (Å²) in [6.07, 6.45) is 7.16. The van der Waals surface area contributed by atoms with Crippen LogP contribution in [-0.4, -0.2) is 65.4 Å². The number of aryl methyl sites for hydroxylation is 1. The molecular formula is C23H34N4O4. The lowest BCUT2D eigenvalue weighted by Gasteiger charge is -2.41. The summed E-state index contributed by atoms with van der Waals surface area (Å²) in [5.74, 6) is 1.13. The first-order chi connectivity index (χ1) is 14.9. The van der Waals surface area contributed by atoms with Crippen LogP contribution in [0.15, 0.2) is 12.3 Å². The Morgan fingerprint density at radius 3 is 2.77 bits per heavy atom. The minimum Gasteiger partial charge on any atom is -0.450 e. The van der Waals surface area contributed by atoms with E-state index in [2.05, 4.69) is 20.1 Å². The van der Waals surface area contributed by atoms with Gasteiger partial charge in [-0.25, -0.2) is 9.78 Å². The van der Waals surface area contributed by atoms with E-state index in [0.717, 1.165) is 69.4 Å². The summed E-state index contributed by atoms with van der Waals surface area (Å²) < 4.78 is 4.94. The molecule has 1 aromatic rings. The molecule has 31 heavy (non-hydrogen) atoms. The molecule has 1 aromatic heterocycles. The fraction of sp³-hybridized carbons (Fsp3) is 0.696. The average Bonchev–Trinajstić information content (AvgIpc) is 3.06. The lowest BCUT2D eigenvalue weighted by Crippen LogP contribution is -2.50. The first-order valence-corrected chi connectivity index (χ1v) is 11.6. The average molecular weight is 431 g/mol. The Morgan fingerprint density at radius 1 is 1.29 bits per heavy atom. The number of carbonyl (C=O) groups is 2. The van der Waals surface area contributed by atoms with E-state index in [1.165, 1.54) is 0 Å². The minimum absolute atomic E-state index is 0.205. The van der Waals surface area contributed by atoms with Crippen LogP contribution < -0.4 is 10.2 Å². The van der Waals surface area contributed by atoms with Crippen molar-refractivity contribution in [1.82, 2.24) is 9.88 Å². The third-order valence-electron chi connectivity index (χ3n) is 7.16. The maximum atomic E-state index is 13.5. The summed E-state index contributed by atoms with van der Waals surface area (Å²) in [5.41, 5.74) is 1.22. The summed E-state index contributed by atoms with van der Waals surface area (Å²) in [5, 5.41) is 12.5. The molecule has 2 N–H and O–H groups in total. The molecule has 8 heteroatoms. The first-order valence-electron chi connectivity index (χ1n) is 11.6. The lowest BCUT2D eigenvalue weighted by molar-refractivity contribution is -0.139. The van der Waals surface area contributed by atoms with Crippen molar-refractivity contribution in [3.63, 3.8) is 0 Å². The Labute approximate surface area is 184 Å². The molecule has 2 aliphatic heterocycles. The lowest BCUT2D eigenvalue weighted by atomic mass is 9.78. The van der Waals surface area contributed by atoms with Gasteiger partial charge in [0.15, 0.2) is 0 Å². The zero-order chi connectivity index (χ0) is 22.0. The van der Waals surface area contributed by atoms with Gasteiger partial charge in [-0.1, -0.05) is 0 Å². The van der Waals surface area contributed by atoms with E-state index in [9.17, 15) is 14.7 Å². The zero-order valence-electron chi connectivity index (χ0n) is 18.6.